The molecule has 224 valence electrons. The smallest absolute Gasteiger partial charge is 0.407 e. The lowest BCUT2D eigenvalue weighted by Gasteiger charge is -2.31. The van der Waals surface area contributed by atoms with Crippen molar-refractivity contribution < 1.29 is 33.4 Å². The van der Waals surface area contributed by atoms with Gasteiger partial charge in [-0.15, -0.1) is 0 Å². The van der Waals surface area contributed by atoms with Crippen molar-refractivity contribution in [1.82, 2.24) is 10.6 Å². The molecule has 0 aromatic heterocycles. The first-order valence-corrected chi connectivity index (χ1v) is 13.8. The predicted octanol–water partition coefficient (Wildman–Crippen LogP) is 6.99. The minimum atomic E-state index is -1.46. The molecule has 0 fully saturated rings. The van der Waals surface area contributed by atoms with Crippen LogP contribution in [0.15, 0.2) is 72.8 Å². The molecule has 2 amide bonds. The molecule has 3 rings (SSSR count). The Morgan fingerprint density at radius 2 is 1.60 bits per heavy atom. The molecule has 0 aliphatic heterocycles. The van der Waals surface area contributed by atoms with Gasteiger partial charge in [-0.25, -0.2) is 14.0 Å². The molecule has 0 unspecified atom stereocenters. The zero-order chi connectivity index (χ0) is 30.9. The standard InChI is InChI=1S/C32H36ClFN2O6/c1-31(2,3)42-30(40)36-25(16-21-10-12-23(13-11-21)26-17-24(33)14-15-27(26)34)18-32(4,28(37)38)20-35-29(39)41-19-22-8-6-5-7-9-22/h5-15,17,25H,16,18-20H2,1-4H3,(H,35,39)(H,36,40)(H,37,38)/t25-,32+/m1/s1. The first kappa shape index (κ1) is 32.4. The molecular formula is C32H36ClFN2O6. The van der Waals surface area contributed by atoms with Crippen molar-refractivity contribution in [3.63, 3.8) is 0 Å². The first-order valence-electron chi connectivity index (χ1n) is 13.5. The highest BCUT2D eigenvalue weighted by molar-refractivity contribution is 6.30. The van der Waals surface area contributed by atoms with E-state index in [1.54, 1.807) is 57.2 Å². The minimum Gasteiger partial charge on any atom is -0.481 e. The number of hydrogen-bond acceptors (Lipinski definition) is 5. The maximum atomic E-state index is 14.4. The third-order valence-electron chi connectivity index (χ3n) is 6.45. The van der Waals surface area contributed by atoms with Crippen LogP contribution in [-0.4, -0.2) is 41.4 Å². The van der Waals surface area contributed by atoms with Gasteiger partial charge in [-0.1, -0.05) is 66.2 Å². The van der Waals surface area contributed by atoms with Crippen molar-refractivity contribution in [3.8, 4) is 11.1 Å². The van der Waals surface area contributed by atoms with Crippen molar-refractivity contribution in [2.24, 2.45) is 5.41 Å². The highest BCUT2D eigenvalue weighted by Gasteiger charge is 2.37. The minimum absolute atomic E-state index is 0.0361. The van der Waals surface area contributed by atoms with E-state index in [1.807, 2.05) is 18.2 Å². The van der Waals surface area contributed by atoms with Gasteiger partial charge in [0, 0.05) is 23.2 Å². The van der Waals surface area contributed by atoms with E-state index in [9.17, 15) is 23.9 Å². The van der Waals surface area contributed by atoms with E-state index in [4.69, 9.17) is 21.1 Å². The molecule has 3 N–H and O–H groups in total. The zero-order valence-corrected chi connectivity index (χ0v) is 24.8. The Balaban J connectivity index is 1.74. The summed E-state index contributed by atoms with van der Waals surface area (Å²) in [5.74, 6) is -1.57. The van der Waals surface area contributed by atoms with E-state index in [0.29, 0.717) is 16.1 Å². The number of benzene rings is 3. The van der Waals surface area contributed by atoms with Crippen LogP contribution in [0.2, 0.25) is 5.02 Å². The molecular weight excluding hydrogens is 563 g/mol. The summed E-state index contributed by atoms with van der Waals surface area (Å²) >= 11 is 6.04. The van der Waals surface area contributed by atoms with Crippen LogP contribution in [0.5, 0.6) is 0 Å². The number of halogens is 2. The number of nitrogens with one attached hydrogen (secondary N) is 2. The van der Waals surface area contributed by atoms with Crippen LogP contribution >= 0.6 is 11.6 Å². The molecule has 8 nitrogen and oxygen atoms in total. The van der Waals surface area contributed by atoms with Gasteiger partial charge in [0.2, 0.25) is 0 Å². The van der Waals surface area contributed by atoms with E-state index in [1.165, 1.54) is 25.1 Å². The monoisotopic (exact) mass is 598 g/mol. The number of rotatable bonds is 11. The maximum absolute atomic E-state index is 14.4. The molecule has 3 aromatic carbocycles. The number of ether oxygens (including phenoxy) is 2. The van der Waals surface area contributed by atoms with E-state index in [2.05, 4.69) is 10.6 Å². The molecule has 0 heterocycles. The predicted molar refractivity (Wildman–Crippen MR) is 159 cm³/mol. The second kappa shape index (κ2) is 14.2. The number of carboxylic acids is 1. The fraction of sp³-hybridized carbons (Fsp3) is 0.344. The van der Waals surface area contributed by atoms with Crippen LogP contribution < -0.4 is 10.6 Å². The second-order valence-electron chi connectivity index (χ2n) is 11.4. The highest BCUT2D eigenvalue weighted by Crippen LogP contribution is 2.28. The summed E-state index contributed by atoms with van der Waals surface area (Å²) in [6, 6.07) is 19.7. The number of aliphatic carboxylic acids is 1. The number of carbonyl (C=O) groups excluding carboxylic acids is 2. The summed E-state index contributed by atoms with van der Waals surface area (Å²) in [5.41, 5.74) is 0.294. The summed E-state index contributed by atoms with van der Waals surface area (Å²) < 4.78 is 25.0. The average Bonchev–Trinajstić information content (AvgIpc) is 2.92. The molecule has 0 saturated carbocycles. The normalized spacial score (nSPS) is 13.4. The van der Waals surface area contributed by atoms with Crippen LogP contribution in [0.4, 0.5) is 14.0 Å². The highest BCUT2D eigenvalue weighted by atomic mass is 35.5. The van der Waals surface area contributed by atoms with Crippen LogP contribution in [-0.2, 0) is 27.3 Å². The Morgan fingerprint density at radius 3 is 2.21 bits per heavy atom. The molecule has 0 radical (unpaired) electrons. The van der Waals surface area contributed by atoms with Crippen molar-refractivity contribution in [1.29, 1.82) is 0 Å². The molecule has 0 aliphatic rings. The maximum Gasteiger partial charge on any atom is 0.407 e. The Labute approximate surface area is 250 Å². The van der Waals surface area contributed by atoms with Crippen molar-refractivity contribution in [2.75, 3.05) is 6.54 Å². The van der Waals surface area contributed by atoms with Crippen molar-refractivity contribution in [3.05, 3.63) is 94.8 Å². The van der Waals surface area contributed by atoms with E-state index < -0.39 is 41.0 Å². The van der Waals surface area contributed by atoms with Gasteiger partial charge in [-0.3, -0.25) is 4.79 Å². The second-order valence-corrected chi connectivity index (χ2v) is 11.8. The third-order valence-corrected chi connectivity index (χ3v) is 6.68. The van der Waals surface area contributed by atoms with Gasteiger partial charge >= 0.3 is 18.2 Å². The zero-order valence-electron chi connectivity index (χ0n) is 24.1. The molecule has 42 heavy (non-hydrogen) atoms. The average molecular weight is 599 g/mol. The molecule has 2 atom stereocenters. The summed E-state index contributed by atoms with van der Waals surface area (Å²) in [5, 5.41) is 15.8. The van der Waals surface area contributed by atoms with Crippen LogP contribution in [0, 0.1) is 11.2 Å². The number of carbonyl (C=O) groups is 3. The molecule has 3 aromatic rings. The van der Waals surface area contributed by atoms with Crippen molar-refractivity contribution >= 4 is 29.8 Å². The van der Waals surface area contributed by atoms with E-state index in [0.717, 1.165) is 11.1 Å². The van der Waals surface area contributed by atoms with Crippen LogP contribution in [0.3, 0.4) is 0 Å². The fourth-order valence-electron chi connectivity index (χ4n) is 4.29. The van der Waals surface area contributed by atoms with Crippen LogP contribution in [0.1, 0.15) is 45.2 Å². The topological polar surface area (TPSA) is 114 Å². The molecule has 0 aliphatic carbocycles. The van der Waals surface area contributed by atoms with Gasteiger partial charge in [-0.2, -0.15) is 0 Å². The lowest BCUT2D eigenvalue weighted by molar-refractivity contribution is -0.148. The summed E-state index contributed by atoms with van der Waals surface area (Å²) in [4.78, 5) is 37.4. The van der Waals surface area contributed by atoms with Crippen LogP contribution in [0.25, 0.3) is 11.1 Å². The number of alkyl carbamates (subject to hydrolysis) is 2. The SMILES string of the molecule is CC(C)(C)OC(=O)N[C@H](Cc1ccc(-c2cc(Cl)ccc2F)cc1)C[C@@](C)(CNC(=O)OCc1ccccc1)C(=O)O. The lowest BCUT2D eigenvalue weighted by Crippen LogP contribution is -2.48. The van der Waals surface area contributed by atoms with Gasteiger partial charge in [0.15, 0.2) is 0 Å². The number of carboxylic acid groups (broad SMARTS) is 1. The Bertz CT molecular complexity index is 1380. The van der Waals surface area contributed by atoms with E-state index in [-0.39, 0.29) is 26.0 Å². The molecule has 0 spiro atoms. The first-order chi connectivity index (χ1) is 19.7. The molecule has 0 bridgehead atoms. The van der Waals surface area contributed by atoms with Gasteiger partial charge in [0.25, 0.3) is 0 Å². The molecule has 0 saturated heterocycles. The van der Waals surface area contributed by atoms with Gasteiger partial charge in [-0.05, 0) is 75.4 Å². The lowest BCUT2D eigenvalue weighted by atomic mass is 9.81. The van der Waals surface area contributed by atoms with Gasteiger partial charge in [0.1, 0.15) is 18.0 Å². The Kier molecular flexibility index (Phi) is 10.9. The molecule has 10 heteroatoms. The largest absolute Gasteiger partial charge is 0.481 e. The number of amides is 2. The third kappa shape index (κ3) is 10.1. The summed E-state index contributed by atoms with van der Waals surface area (Å²) in [6.45, 7) is 6.45. The summed E-state index contributed by atoms with van der Waals surface area (Å²) in [7, 11) is 0. The Hall–Kier alpha value is -4.11. The van der Waals surface area contributed by atoms with Gasteiger partial charge < -0.3 is 25.2 Å². The summed E-state index contributed by atoms with van der Waals surface area (Å²) in [6.07, 6.45) is -1.25. The number of hydrogen-bond donors (Lipinski definition) is 3. The quantitative estimate of drug-likeness (QED) is 0.219. The van der Waals surface area contributed by atoms with E-state index >= 15 is 0 Å². The Morgan fingerprint density at radius 1 is 0.929 bits per heavy atom. The van der Waals surface area contributed by atoms with Crippen molar-refractivity contribution in [2.45, 2.75) is 58.8 Å². The fourth-order valence-corrected chi connectivity index (χ4v) is 4.46. The van der Waals surface area contributed by atoms with Gasteiger partial charge in [0.05, 0.1) is 5.41 Å².